The number of amides is 3. The lowest BCUT2D eigenvalue weighted by Gasteiger charge is -2.34. The number of thiazole rings is 1. The van der Waals surface area contributed by atoms with E-state index in [1.54, 1.807) is 22.3 Å². The van der Waals surface area contributed by atoms with E-state index in [0.29, 0.717) is 31.2 Å². The first-order valence-electron chi connectivity index (χ1n) is 10.7. The normalized spacial score (nSPS) is 13.3. The van der Waals surface area contributed by atoms with E-state index >= 15 is 0 Å². The Hall–Kier alpha value is -3.92. The Balaban J connectivity index is 1.23. The molecule has 0 saturated carbocycles. The van der Waals surface area contributed by atoms with Crippen LogP contribution in [-0.2, 0) is 9.53 Å². The Morgan fingerprint density at radius 1 is 0.971 bits per heavy atom. The van der Waals surface area contributed by atoms with Gasteiger partial charge in [-0.05, 0) is 36.4 Å². The molecule has 0 bridgehead atoms. The molecular weight excluding hydrogens is 456 g/mol. The van der Waals surface area contributed by atoms with Crippen molar-refractivity contribution in [2.75, 3.05) is 45.2 Å². The lowest BCUT2D eigenvalue weighted by molar-refractivity contribution is -0.135. The lowest BCUT2D eigenvalue weighted by Crippen LogP contribution is -2.52. The predicted molar refractivity (Wildman–Crippen MR) is 128 cm³/mol. The first kappa shape index (κ1) is 23.2. The molecule has 10 heteroatoms. The molecule has 1 aliphatic rings. The number of piperazine rings is 1. The largest absolute Gasteiger partial charge is 0.497 e. The van der Waals surface area contributed by atoms with Gasteiger partial charge in [0.05, 0.1) is 7.11 Å². The second kappa shape index (κ2) is 10.8. The highest BCUT2D eigenvalue weighted by Crippen LogP contribution is 2.26. The van der Waals surface area contributed by atoms with Crippen LogP contribution in [0.15, 0.2) is 60.0 Å². The molecule has 4 rings (SSSR count). The molecular formula is C24H24N4O5S. The molecule has 0 atom stereocenters. The first-order chi connectivity index (χ1) is 16.5. The number of urea groups is 1. The van der Waals surface area contributed by atoms with Crippen molar-refractivity contribution in [2.24, 2.45) is 0 Å². The number of para-hydroxylation sites is 1. The summed E-state index contributed by atoms with van der Waals surface area (Å²) in [6, 6.07) is 16.3. The molecule has 1 N–H and O–H groups in total. The van der Waals surface area contributed by atoms with Gasteiger partial charge < -0.3 is 24.6 Å². The van der Waals surface area contributed by atoms with Crippen LogP contribution in [0.1, 0.15) is 10.5 Å². The number of esters is 1. The molecule has 1 saturated heterocycles. The molecule has 34 heavy (non-hydrogen) atoms. The number of carbonyl (C=O) groups is 3. The van der Waals surface area contributed by atoms with Gasteiger partial charge in [0.25, 0.3) is 5.91 Å². The number of hydrogen-bond acceptors (Lipinski definition) is 7. The fourth-order valence-corrected chi connectivity index (χ4v) is 4.20. The van der Waals surface area contributed by atoms with E-state index in [1.807, 2.05) is 54.6 Å². The van der Waals surface area contributed by atoms with Gasteiger partial charge in [0, 0.05) is 42.8 Å². The Bertz CT molecular complexity index is 1140. The van der Waals surface area contributed by atoms with Crippen LogP contribution >= 0.6 is 11.3 Å². The quantitative estimate of drug-likeness (QED) is 0.543. The van der Waals surface area contributed by atoms with E-state index in [2.05, 4.69) is 10.3 Å². The van der Waals surface area contributed by atoms with Crippen LogP contribution in [0.2, 0.25) is 0 Å². The summed E-state index contributed by atoms with van der Waals surface area (Å²) in [6.07, 6.45) is 0. The van der Waals surface area contributed by atoms with Gasteiger partial charge in [0.15, 0.2) is 12.3 Å². The molecule has 3 amide bonds. The monoisotopic (exact) mass is 480 g/mol. The van der Waals surface area contributed by atoms with Gasteiger partial charge in [-0.2, -0.15) is 0 Å². The zero-order valence-electron chi connectivity index (χ0n) is 18.6. The number of aromatic nitrogens is 1. The Morgan fingerprint density at radius 2 is 1.65 bits per heavy atom. The van der Waals surface area contributed by atoms with E-state index in [9.17, 15) is 14.4 Å². The molecule has 0 aliphatic carbocycles. The van der Waals surface area contributed by atoms with Gasteiger partial charge in [0.1, 0.15) is 10.8 Å². The number of hydrogen-bond donors (Lipinski definition) is 1. The van der Waals surface area contributed by atoms with Crippen molar-refractivity contribution < 1.29 is 23.9 Å². The highest BCUT2D eigenvalue weighted by atomic mass is 32.1. The molecule has 0 unspecified atom stereocenters. The van der Waals surface area contributed by atoms with Crippen LogP contribution in [0.3, 0.4) is 0 Å². The molecule has 9 nitrogen and oxygen atoms in total. The van der Waals surface area contributed by atoms with E-state index in [1.165, 1.54) is 11.3 Å². The van der Waals surface area contributed by atoms with Crippen molar-refractivity contribution in [3.8, 4) is 16.3 Å². The topological polar surface area (TPSA) is 101 Å². The summed E-state index contributed by atoms with van der Waals surface area (Å²) in [4.78, 5) is 44.8. The summed E-state index contributed by atoms with van der Waals surface area (Å²) in [6.45, 7) is 1.17. The number of rotatable bonds is 6. The minimum atomic E-state index is -0.648. The van der Waals surface area contributed by atoms with Crippen molar-refractivity contribution in [3.05, 3.63) is 65.7 Å². The molecule has 176 valence electrons. The fourth-order valence-electron chi connectivity index (χ4n) is 3.41. The molecule has 0 spiro atoms. The minimum absolute atomic E-state index is 0.158. The van der Waals surface area contributed by atoms with Crippen LogP contribution < -0.4 is 10.1 Å². The zero-order valence-corrected chi connectivity index (χ0v) is 19.4. The zero-order chi connectivity index (χ0) is 23.9. The second-order valence-electron chi connectivity index (χ2n) is 7.51. The lowest BCUT2D eigenvalue weighted by atomic mass is 10.2. The second-order valence-corrected chi connectivity index (χ2v) is 8.36. The predicted octanol–water partition coefficient (Wildman–Crippen LogP) is 3.35. The molecule has 2 aromatic carbocycles. The van der Waals surface area contributed by atoms with Crippen LogP contribution in [0, 0.1) is 0 Å². The molecule has 0 radical (unpaired) electrons. The summed E-state index contributed by atoms with van der Waals surface area (Å²) in [7, 11) is 1.59. The number of anilines is 1. The average molecular weight is 481 g/mol. The minimum Gasteiger partial charge on any atom is -0.497 e. The van der Waals surface area contributed by atoms with Gasteiger partial charge in [-0.15, -0.1) is 11.3 Å². The number of ether oxygens (including phenoxy) is 2. The number of carbonyl (C=O) groups excluding carboxylic acids is 3. The number of methoxy groups -OCH3 is 1. The summed E-state index contributed by atoms with van der Waals surface area (Å²) in [5.74, 6) is -0.219. The van der Waals surface area contributed by atoms with Crippen LogP contribution in [0.5, 0.6) is 5.75 Å². The van der Waals surface area contributed by atoms with Gasteiger partial charge in [-0.1, -0.05) is 18.2 Å². The van der Waals surface area contributed by atoms with Gasteiger partial charge >= 0.3 is 12.0 Å². The molecule has 3 aromatic rings. The summed E-state index contributed by atoms with van der Waals surface area (Å²) in [5.41, 5.74) is 1.73. The maximum Gasteiger partial charge on any atom is 0.358 e. The number of nitrogens with one attached hydrogen (secondary N) is 1. The third-order valence-electron chi connectivity index (χ3n) is 5.32. The maximum absolute atomic E-state index is 12.5. The number of benzene rings is 2. The third-order valence-corrected chi connectivity index (χ3v) is 6.21. The van der Waals surface area contributed by atoms with Crippen LogP contribution in [-0.4, -0.2) is 72.6 Å². The van der Waals surface area contributed by atoms with Crippen molar-refractivity contribution in [1.29, 1.82) is 0 Å². The Kier molecular flexibility index (Phi) is 7.38. The fraction of sp³-hybridized carbons (Fsp3) is 0.250. The molecule has 1 fully saturated rings. The maximum atomic E-state index is 12.5. The molecule has 2 heterocycles. The van der Waals surface area contributed by atoms with E-state index < -0.39 is 5.97 Å². The highest BCUT2D eigenvalue weighted by molar-refractivity contribution is 7.13. The molecule has 1 aliphatic heterocycles. The van der Waals surface area contributed by atoms with Crippen molar-refractivity contribution in [1.82, 2.24) is 14.8 Å². The SMILES string of the molecule is COc1ccc(-c2nc(C(=O)OCC(=O)N3CCN(C(=O)Nc4ccccc4)CC3)cs2)cc1. The Labute approximate surface area is 200 Å². The van der Waals surface area contributed by atoms with Crippen molar-refractivity contribution >= 4 is 34.9 Å². The van der Waals surface area contributed by atoms with Gasteiger partial charge in [0.2, 0.25) is 0 Å². The smallest absolute Gasteiger partial charge is 0.358 e. The van der Waals surface area contributed by atoms with Crippen molar-refractivity contribution in [3.63, 3.8) is 0 Å². The van der Waals surface area contributed by atoms with Gasteiger partial charge in [-0.25, -0.2) is 14.6 Å². The van der Waals surface area contributed by atoms with Gasteiger partial charge in [-0.3, -0.25) is 4.79 Å². The van der Waals surface area contributed by atoms with E-state index in [0.717, 1.165) is 17.0 Å². The standard InChI is InChI=1S/C24H24N4O5S/c1-32-19-9-7-17(8-10-19)22-26-20(16-34-22)23(30)33-15-21(29)27-11-13-28(14-12-27)24(31)25-18-5-3-2-4-6-18/h2-10,16H,11-15H2,1H3,(H,25,31). The third kappa shape index (κ3) is 5.70. The van der Waals surface area contributed by atoms with E-state index in [-0.39, 0.29) is 24.2 Å². The molecule has 1 aromatic heterocycles. The summed E-state index contributed by atoms with van der Waals surface area (Å²) < 4.78 is 10.3. The summed E-state index contributed by atoms with van der Waals surface area (Å²) >= 11 is 1.32. The van der Waals surface area contributed by atoms with Crippen LogP contribution in [0.25, 0.3) is 10.6 Å². The highest BCUT2D eigenvalue weighted by Gasteiger charge is 2.25. The number of nitrogens with zero attached hydrogens (tertiary/aromatic N) is 3. The van der Waals surface area contributed by atoms with Crippen molar-refractivity contribution in [2.45, 2.75) is 0 Å². The Morgan fingerprint density at radius 3 is 2.32 bits per heavy atom. The first-order valence-corrected chi connectivity index (χ1v) is 11.6. The van der Waals surface area contributed by atoms with E-state index in [4.69, 9.17) is 9.47 Å². The average Bonchev–Trinajstić information content (AvgIpc) is 3.38. The summed E-state index contributed by atoms with van der Waals surface area (Å²) in [5, 5.41) is 5.12. The van der Waals surface area contributed by atoms with Crippen LogP contribution in [0.4, 0.5) is 10.5 Å².